The summed E-state index contributed by atoms with van der Waals surface area (Å²) in [6.45, 7) is 6.07. The highest BCUT2D eigenvalue weighted by Crippen LogP contribution is 2.30. The molecular formula is C25H27N5O2S2. The summed E-state index contributed by atoms with van der Waals surface area (Å²) in [7, 11) is 1.88. The van der Waals surface area contributed by atoms with Crippen molar-refractivity contribution in [1.82, 2.24) is 19.7 Å². The summed E-state index contributed by atoms with van der Waals surface area (Å²) in [5.41, 5.74) is 3.19. The molecule has 2 aromatic carbocycles. The van der Waals surface area contributed by atoms with E-state index in [-0.39, 0.29) is 17.8 Å². The van der Waals surface area contributed by atoms with Crippen molar-refractivity contribution in [2.45, 2.75) is 38.5 Å². The summed E-state index contributed by atoms with van der Waals surface area (Å²) in [5, 5.41) is 12.7. The lowest BCUT2D eigenvalue weighted by Crippen LogP contribution is -2.14. The van der Waals surface area contributed by atoms with Crippen molar-refractivity contribution in [3.63, 3.8) is 0 Å². The second-order valence-corrected chi connectivity index (χ2v) is 9.93. The van der Waals surface area contributed by atoms with E-state index in [9.17, 15) is 4.79 Å². The third kappa shape index (κ3) is 5.66. The summed E-state index contributed by atoms with van der Waals surface area (Å²) in [6, 6.07) is 18.0. The smallest absolute Gasteiger partial charge is 0.236 e. The average Bonchev–Trinajstić information content (AvgIpc) is 3.40. The van der Waals surface area contributed by atoms with E-state index in [4.69, 9.17) is 4.74 Å². The normalized spacial score (nSPS) is 11.9. The monoisotopic (exact) mass is 493 g/mol. The van der Waals surface area contributed by atoms with E-state index < -0.39 is 0 Å². The van der Waals surface area contributed by atoms with Gasteiger partial charge in [0.25, 0.3) is 0 Å². The third-order valence-electron chi connectivity index (χ3n) is 5.30. The minimum atomic E-state index is -0.275. The first-order valence-electron chi connectivity index (χ1n) is 11.0. The van der Waals surface area contributed by atoms with Crippen LogP contribution in [0.3, 0.4) is 0 Å². The predicted molar refractivity (Wildman–Crippen MR) is 138 cm³/mol. The van der Waals surface area contributed by atoms with Crippen LogP contribution in [-0.4, -0.2) is 31.4 Å². The Balaban J connectivity index is 1.34. The first-order valence-corrected chi connectivity index (χ1v) is 12.8. The lowest BCUT2D eigenvalue weighted by atomic mass is 10.1. The van der Waals surface area contributed by atoms with Gasteiger partial charge in [-0.3, -0.25) is 4.79 Å². The third-order valence-corrected chi connectivity index (χ3v) is 7.21. The molecule has 4 rings (SSSR count). The highest BCUT2D eigenvalue weighted by atomic mass is 32.2. The number of hydrogen-bond acceptors (Lipinski definition) is 7. The highest BCUT2D eigenvalue weighted by molar-refractivity contribution is 7.99. The zero-order valence-electron chi connectivity index (χ0n) is 19.6. The van der Waals surface area contributed by atoms with Gasteiger partial charge in [-0.1, -0.05) is 61.2 Å². The number of carbonyl (C=O) groups excluding carboxylic acids is 1. The summed E-state index contributed by atoms with van der Waals surface area (Å²) in [5.74, 6) is 1.56. The molecule has 0 bridgehead atoms. The molecule has 1 N–H and O–H groups in total. The molecule has 0 saturated heterocycles. The van der Waals surface area contributed by atoms with Crippen LogP contribution in [0.25, 0.3) is 11.3 Å². The first-order chi connectivity index (χ1) is 16.4. The number of aromatic nitrogens is 4. The van der Waals surface area contributed by atoms with Gasteiger partial charge in [-0.05, 0) is 38.0 Å². The van der Waals surface area contributed by atoms with Gasteiger partial charge in [0.1, 0.15) is 5.75 Å². The Labute approximate surface area is 207 Å². The fourth-order valence-electron chi connectivity index (χ4n) is 3.47. The van der Waals surface area contributed by atoms with Gasteiger partial charge in [0.2, 0.25) is 5.91 Å². The number of anilines is 1. The lowest BCUT2D eigenvalue weighted by molar-refractivity contribution is -0.113. The molecule has 2 heterocycles. The SMILES string of the molecule is CCc1ccc(O[C@@H](C)c2nnc(SCC(=O)Nc3nc(-c4ccccc4)c(C)s3)n2C)cc1. The van der Waals surface area contributed by atoms with E-state index in [0.29, 0.717) is 16.1 Å². The van der Waals surface area contributed by atoms with Crippen LogP contribution in [0, 0.1) is 6.92 Å². The Morgan fingerprint density at radius 3 is 2.59 bits per heavy atom. The molecule has 0 radical (unpaired) electrons. The average molecular weight is 494 g/mol. The summed E-state index contributed by atoms with van der Waals surface area (Å²) >= 11 is 2.80. The van der Waals surface area contributed by atoms with E-state index in [0.717, 1.165) is 28.3 Å². The molecule has 0 aliphatic heterocycles. The Kier molecular flexibility index (Phi) is 7.64. The minimum Gasteiger partial charge on any atom is -0.483 e. The second kappa shape index (κ2) is 10.8. The van der Waals surface area contributed by atoms with Crippen molar-refractivity contribution in [3.8, 4) is 17.0 Å². The van der Waals surface area contributed by atoms with Crippen LogP contribution in [0.15, 0.2) is 59.8 Å². The minimum absolute atomic E-state index is 0.136. The molecular weight excluding hydrogens is 466 g/mol. The molecule has 9 heteroatoms. The maximum absolute atomic E-state index is 12.5. The molecule has 0 aliphatic rings. The van der Waals surface area contributed by atoms with Crippen LogP contribution in [0.5, 0.6) is 5.75 Å². The van der Waals surface area contributed by atoms with E-state index >= 15 is 0 Å². The van der Waals surface area contributed by atoms with Crippen molar-refractivity contribution in [2.24, 2.45) is 7.05 Å². The number of carbonyl (C=O) groups is 1. The van der Waals surface area contributed by atoms with Crippen LogP contribution in [0.1, 0.15) is 36.2 Å². The molecule has 0 aliphatic carbocycles. The molecule has 34 heavy (non-hydrogen) atoms. The number of thiazole rings is 1. The van der Waals surface area contributed by atoms with Crippen molar-refractivity contribution in [1.29, 1.82) is 0 Å². The van der Waals surface area contributed by atoms with E-state index in [1.165, 1.54) is 28.7 Å². The van der Waals surface area contributed by atoms with Gasteiger partial charge >= 0.3 is 0 Å². The number of ether oxygens (including phenoxy) is 1. The van der Waals surface area contributed by atoms with Crippen LogP contribution in [0.4, 0.5) is 5.13 Å². The van der Waals surface area contributed by atoms with Gasteiger partial charge in [0, 0.05) is 17.5 Å². The number of nitrogens with zero attached hydrogens (tertiary/aromatic N) is 4. The van der Waals surface area contributed by atoms with Crippen molar-refractivity contribution >= 4 is 34.1 Å². The molecule has 1 amide bonds. The number of thioether (sulfide) groups is 1. The van der Waals surface area contributed by atoms with Crippen LogP contribution in [0.2, 0.25) is 0 Å². The van der Waals surface area contributed by atoms with E-state index in [1.54, 1.807) is 0 Å². The number of aryl methyl sites for hydroxylation is 2. The number of rotatable bonds is 9. The van der Waals surface area contributed by atoms with Crippen molar-refractivity contribution in [3.05, 3.63) is 70.9 Å². The molecule has 2 aromatic heterocycles. The van der Waals surface area contributed by atoms with Crippen LogP contribution in [-0.2, 0) is 18.3 Å². The van der Waals surface area contributed by atoms with Gasteiger partial charge in [-0.2, -0.15) is 0 Å². The van der Waals surface area contributed by atoms with Gasteiger partial charge in [-0.15, -0.1) is 21.5 Å². The molecule has 0 unspecified atom stereocenters. The fraction of sp³-hybridized carbons (Fsp3) is 0.280. The van der Waals surface area contributed by atoms with Gasteiger partial charge in [-0.25, -0.2) is 4.98 Å². The first kappa shape index (κ1) is 24.0. The number of amides is 1. The molecule has 7 nitrogen and oxygen atoms in total. The molecule has 0 fully saturated rings. The second-order valence-electron chi connectivity index (χ2n) is 7.78. The number of nitrogens with one attached hydrogen (secondary N) is 1. The van der Waals surface area contributed by atoms with Crippen LogP contribution < -0.4 is 10.1 Å². The van der Waals surface area contributed by atoms with Crippen LogP contribution >= 0.6 is 23.1 Å². The largest absolute Gasteiger partial charge is 0.483 e. The van der Waals surface area contributed by atoms with Gasteiger partial charge in [0.05, 0.1) is 11.4 Å². The maximum Gasteiger partial charge on any atom is 0.236 e. The fourth-order valence-corrected chi connectivity index (χ4v) is 5.04. The van der Waals surface area contributed by atoms with Gasteiger partial charge < -0.3 is 14.6 Å². The lowest BCUT2D eigenvalue weighted by Gasteiger charge is -2.14. The predicted octanol–water partition coefficient (Wildman–Crippen LogP) is 5.68. The molecule has 4 aromatic rings. The van der Waals surface area contributed by atoms with E-state index in [2.05, 4.69) is 39.6 Å². The molecule has 0 saturated carbocycles. The number of hydrogen-bond donors (Lipinski definition) is 1. The van der Waals surface area contributed by atoms with E-state index in [1.807, 2.05) is 67.9 Å². The zero-order valence-corrected chi connectivity index (χ0v) is 21.2. The Morgan fingerprint density at radius 2 is 1.88 bits per heavy atom. The zero-order chi connectivity index (χ0) is 24.1. The quantitative estimate of drug-likeness (QED) is 0.302. The standard InChI is InChI=1S/C25H27N5O2S2/c1-5-18-11-13-20(14-12-18)32-16(2)23-28-29-25(30(23)4)33-15-21(31)26-24-27-22(17(3)34-24)19-9-7-6-8-10-19/h6-14,16H,5,15H2,1-4H3,(H,26,27,31)/t16-/m0/s1. The Bertz CT molecular complexity index is 1250. The molecule has 1 atom stereocenters. The maximum atomic E-state index is 12.5. The Hall–Kier alpha value is -3.17. The van der Waals surface area contributed by atoms with Gasteiger partial charge in [0.15, 0.2) is 22.2 Å². The topological polar surface area (TPSA) is 81.9 Å². The summed E-state index contributed by atoms with van der Waals surface area (Å²) in [4.78, 5) is 18.2. The molecule has 176 valence electrons. The highest BCUT2D eigenvalue weighted by Gasteiger charge is 2.19. The Morgan fingerprint density at radius 1 is 1.15 bits per heavy atom. The number of benzene rings is 2. The van der Waals surface area contributed by atoms with Crippen molar-refractivity contribution in [2.75, 3.05) is 11.1 Å². The van der Waals surface area contributed by atoms with Crippen molar-refractivity contribution < 1.29 is 9.53 Å². The summed E-state index contributed by atoms with van der Waals surface area (Å²) in [6.07, 6.45) is 0.715. The molecule has 0 spiro atoms. The summed E-state index contributed by atoms with van der Waals surface area (Å²) < 4.78 is 7.90.